The van der Waals surface area contributed by atoms with E-state index in [1.54, 1.807) is 0 Å². The van der Waals surface area contributed by atoms with E-state index < -0.39 is 0 Å². The molecule has 2 heteroatoms. The van der Waals surface area contributed by atoms with Gasteiger partial charge in [-0.25, -0.2) is 0 Å². The summed E-state index contributed by atoms with van der Waals surface area (Å²) in [5.41, 5.74) is 0.337. The minimum absolute atomic E-state index is 0.0956. The second-order valence-corrected chi connectivity index (χ2v) is 6.61. The largest absolute Gasteiger partial charge is 0.392 e. The van der Waals surface area contributed by atoms with Crippen molar-refractivity contribution in [3.8, 4) is 0 Å². The molecule has 2 rings (SSSR count). The molecule has 1 saturated heterocycles. The molecular formula is C13H25NO. The lowest BCUT2D eigenvalue weighted by atomic mass is 9.75. The van der Waals surface area contributed by atoms with E-state index in [0.29, 0.717) is 11.3 Å². The van der Waals surface area contributed by atoms with Crippen LogP contribution < -0.4 is 0 Å². The molecule has 1 aliphatic carbocycles. The first-order valence-corrected chi connectivity index (χ1v) is 6.35. The lowest BCUT2D eigenvalue weighted by Crippen LogP contribution is -2.47. The molecule has 15 heavy (non-hydrogen) atoms. The summed E-state index contributed by atoms with van der Waals surface area (Å²) < 4.78 is 0. The molecule has 0 aromatic heterocycles. The second-order valence-electron chi connectivity index (χ2n) is 6.61. The SMILES string of the molecule is CC(C)(C)C1CC(O)CN(CC2CC2)C1. The van der Waals surface area contributed by atoms with E-state index >= 15 is 0 Å². The van der Waals surface area contributed by atoms with Crippen LogP contribution in [0.15, 0.2) is 0 Å². The molecule has 0 amide bonds. The van der Waals surface area contributed by atoms with Gasteiger partial charge in [-0.15, -0.1) is 0 Å². The zero-order valence-corrected chi connectivity index (χ0v) is 10.4. The van der Waals surface area contributed by atoms with Gasteiger partial charge in [0.25, 0.3) is 0 Å². The summed E-state index contributed by atoms with van der Waals surface area (Å²) in [5, 5.41) is 9.90. The monoisotopic (exact) mass is 211 g/mol. The van der Waals surface area contributed by atoms with Crippen LogP contribution in [0.3, 0.4) is 0 Å². The molecule has 0 aromatic rings. The standard InChI is InChI=1S/C13H25NO/c1-13(2,3)11-6-12(15)9-14(8-11)7-10-4-5-10/h10-12,15H,4-9H2,1-3H3. The van der Waals surface area contributed by atoms with Gasteiger partial charge in [-0.1, -0.05) is 20.8 Å². The van der Waals surface area contributed by atoms with Crippen LogP contribution in [0.1, 0.15) is 40.0 Å². The molecular weight excluding hydrogens is 186 g/mol. The maximum Gasteiger partial charge on any atom is 0.0670 e. The van der Waals surface area contributed by atoms with E-state index in [0.717, 1.165) is 18.9 Å². The highest BCUT2D eigenvalue weighted by molar-refractivity contribution is 4.88. The first kappa shape index (κ1) is 11.4. The number of piperidine rings is 1. The molecule has 2 aliphatic rings. The number of hydrogen-bond acceptors (Lipinski definition) is 2. The maximum atomic E-state index is 9.90. The fourth-order valence-electron chi connectivity index (χ4n) is 2.60. The molecule has 1 N–H and O–H groups in total. The summed E-state index contributed by atoms with van der Waals surface area (Å²) in [5.74, 6) is 1.59. The lowest BCUT2D eigenvalue weighted by Gasteiger charge is -2.42. The van der Waals surface area contributed by atoms with Gasteiger partial charge >= 0.3 is 0 Å². The highest BCUT2D eigenvalue weighted by Gasteiger charge is 2.35. The topological polar surface area (TPSA) is 23.5 Å². The number of aliphatic hydroxyl groups excluding tert-OH is 1. The Morgan fingerprint density at radius 2 is 1.87 bits per heavy atom. The third-order valence-electron chi connectivity index (χ3n) is 3.94. The maximum absolute atomic E-state index is 9.90. The van der Waals surface area contributed by atoms with Crippen LogP contribution in [0.2, 0.25) is 0 Å². The van der Waals surface area contributed by atoms with Crippen molar-refractivity contribution in [1.29, 1.82) is 0 Å². The zero-order valence-electron chi connectivity index (χ0n) is 10.4. The van der Waals surface area contributed by atoms with Gasteiger partial charge in [0.05, 0.1) is 6.10 Å². The van der Waals surface area contributed by atoms with Gasteiger partial charge in [0.2, 0.25) is 0 Å². The quantitative estimate of drug-likeness (QED) is 0.756. The predicted molar refractivity (Wildman–Crippen MR) is 62.7 cm³/mol. The molecule has 2 nitrogen and oxygen atoms in total. The first-order chi connectivity index (χ1) is 6.95. The summed E-state index contributed by atoms with van der Waals surface area (Å²) in [6.45, 7) is 10.2. The molecule has 88 valence electrons. The van der Waals surface area contributed by atoms with Gasteiger partial charge in [-0.2, -0.15) is 0 Å². The van der Waals surface area contributed by atoms with Crippen molar-refractivity contribution in [2.75, 3.05) is 19.6 Å². The lowest BCUT2D eigenvalue weighted by molar-refractivity contribution is 0.00280. The van der Waals surface area contributed by atoms with Gasteiger partial charge < -0.3 is 10.0 Å². The van der Waals surface area contributed by atoms with Crippen molar-refractivity contribution >= 4 is 0 Å². The van der Waals surface area contributed by atoms with Crippen LogP contribution in [-0.4, -0.2) is 35.7 Å². The van der Waals surface area contributed by atoms with Crippen molar-refractivity contribution < 1.29 is 5.11 Å². The Bertz CT molecular complexity index is 215. The summed E-state index contributed by atoms with van der Waals surface area (Å²) in [4.78, 5) is 2.49. The fourth-order valence-corrected chi connectivity index (χ4v) is 2.60. The molecule has 1 aliphatic heterocycles. The molecule has 1 heterocycles. The van der Waals surface area contributed by atoms with Crippen molar-refractivity contribution in [3.05, 3.63) is 0 Å². The summed E-state index contributed by atoms with van der Waals surface area (Å²) in [6.07, 6.45) is 3.71. The Morgan fingerprint density at radius 3 is 2.40 bits per heavy atom. The van der Waals surface area contributed by atoms with Gasteiger partial charge in [-0.05, 0) is 36.5 Å². The molecule has 0 aromatic carbocycles. The molecule has 2 fully saturated rings. The third kappa shape index (κ3) is 3.18. The Morgan fingerprint density at radius 1 is 1.20 bits per heavy atom. The first-order valence-electron chi connectivity index (χ1n) is 6.35. The molecule has 0 bridgehead atoms. The van der Waals surface area contributed by atoms with Gasteiger partial charge in [0.15, 0.2) is 0 Å². The van der Waals surface area contributed by atoms with Crippen molar-refractivity contribution in [3.63, 3.8) is 0 Å². The smallest absolute Gasteiger partial charge is 0.0670 e. The Hall–Kier alpha value is -0.0800. The third-order valence-corrected chi connectivity index (χ3v) is 3.94. The van der Waals surface area contributed by atoms with Crippen molar-refractivity contribution in [2.24, 2.45) is 17.3 Å². The average Bonchev–Trinajstić information content (AvgIpc) is 2.85. The van der Waals surface area contributed by atoms with Gasteiger partial charge in [0.1, 0.15) is 0 Å². The summed E-state index contributed by atoms with van der Waals surface area (Å²) in [7, 11) is 0. The van der Waals surface area contributed by atoms with Crippen LogP contribution in [-0.2, 0) is 0 Å². The highest BCUT2D eigenvalue weighted by atomic mass is 16.3. The molecule has 0 radical (unpaired) electrons. The van der Waals surface area contributed by atoms with E-state index in [4.69, 9.17) is 0 Å². The number of hydrogen-bond donors (Lipinski definition) is 1. The Kier molecular flexibility index (Phi) is 3.09. The molecule has 2 unspecified atom stereocenters. The van der Waals surface area contributed by atoms with Crippen molar-refractivity contribution in [2.45, 2.75) is 46.1 Å². The molecule has 0 spiro atoms. The van der Waals surface area contributed by atoms with Crippen LogP contribution in [0.25, 0.3) is 0 Å². The van der Waals surface area contributed by atoms with Crippen LogP contribution in [0.5, 0.6) is 0 Å². The van der Waals surface area contributed by atoms with E-state index in [9.17, 15) is 5.11 Å². The summed E-state index contributed by atoms with van der Waals surface area (Å²) in [6, 6.07) is 0. The number of likely N-dealkylation sites (tertiary alicyclic amines) is 1. The zero-order chi connectivity index (χ0) is 11.1. The van der Waals surface area contributed by atoms with E-state index in [1.165, 1.54) is 25.9 Å². The van der Waals surface area contributed by atoms with Crippen LogP contribution in [0, 0.1) is 17.3 Å². The number of β-amino-alcohol motifs (C(OH)–C–C–N with tert-alkyl or cyclic N) is 1. The van der Waals surface area contributed by atoms with E-state index in [2.05, 4.69) is 25.7 Å². The summed E-state index contributed by atoms with van der Waals surface area (Å²) >= 11 is 0. The van der Waals surface area contributed by atoms with Gasteiger partial charge in [0, 0.05) is 19.6 Å². The minimum atomic E-state index is -0.0956. The highest BCUT2D eigenvalue weighted by Crippen LogP contribution is 2.36. The minimum Gasteiger partial charge on any atom is -0.392 e. The van der Waals surface area contributed by atoms with E-state index in [-0.39, 0.29) is 6.10 Å². The molecule has 1 saturated carbocycles. The van der Waals surface area contributed by atoms with Gasteiger partial charge in [-0.3, -0.25) is 0 Å². The fraction of sp³-hybridized carbons (Fsp3) is 1.00. The van der Waals surface area contributed by atoms with Crippen molar-refractivity contribution in [1.82, 2.24) is 4.90 Å². The second kappa shape index (κ2) is 4.06. The normalized spacial score (nSPS) is 34.4. The number of rotatable bonds is 2. The number of aliphatic hydroxyl groups is 1. The van der Waals surface area contributed by atoms with Crippen LogP contribution >= 0.6 is 0 Å². The number of nitrogens with zero attached hydrogens (tertiary/aromatic N) is 1. The average molecular weight is 211 g/mol. The Balaban J connectivity index is 1.90. The predicted octanol–water partition coefficient (Wildman–Crippen LogP) is 2.13. The van der Waals surface area contributed by atoms with Crippen LogP contribution in [0.4, 0.5) is 0 Å². The van der Waals surface area contributed by atoms with E-state index in [1.807, 2.05) is 0 Å². The Labute approximate surface area is 93.7 Å². The molecule has 2 atom stereocenters.